The molecule has 1 atom stereocenters. The number of aliphatic carboxylic acids is 1. The van der Waals surface area contributed by atoms with Crippen molar-refractivity contribution in [2.75, 3.05) is 112 Å². The highest BCUT2D eigenvalue weighted by Gasteiger charge is 2.20. The molecule has 0 saturated heterocycles. The summed E-state index contributed by atoms with van der Waals surface area (Å²) in [7, 11) is 0. The van der Waals surface area contributed by atoms with E-state index in [1.54, 1.807) is 0 Å². The van der Waals surface area contributed by atoms with Crippen LogP contribution in [0, 0.1) is 0 Å². The second kappa shape index (κ2) is 29.1. The fourth-order valence-electron chi connectivity index (χ4n) is 2.77. The summed E-state index contributed by atoms with van der Waals surface area (Å²) in [4.78, 5) is 44.2. The van der Waals surface area contributed by atoms with E-state index < -0.39 is 30.2 Å². The van der Waals surface area contributed by atoms with Crippen molar-refractivity contribution in [3.8, 4) is 0 Å². The van der Waals surface area contributed by atoms with Crippen LogP contribution >= 0.6 is 0 Å². The van der Waals surface area contributed by atoms with Gasteiger partial charge in [-0.2, -0.15) is 0 Å². The Morgan fingerprint density at radius 1 is 0.610 bits per heavy atom. The Morgan fingerprint density at radius 2 is 0.951 bits per heavy atom. The van der Waals surface area contributed by atoms with Crippen molar-refractivity contribution >= 4 is 23.7 Å². The van der Waals surface area contributed by atoms with Gasteiger partial charge in [-0.3, -0.25) is 19.2 Å². The van der Waals surface area contributed by atoms with Gasteiger partial charge >= 0.3 is 5.97 Å². The molecule has 5 N–H and O–H groups in total. The second-order valence-corrected chi connectivity index (χ2v) is 8.25. The molecule has 1 unspecified atom stereocenters. The summed E-state index contributed by atoms with van der Waals surface area (Å²) in [6.45, 7) is 8.40. The lowest BCUT2D eigenvalue weighted by Crippen LogP contribution is -2.45. The van der Waals surface area contributed by atoms with Gasteiger partial charge in [0, 0.05) is 19.9 Å². The minimum absolute atomic E-state index is 0.0392. The Balaban J connectivity index is 3.24. The van der Waals surface area contributed by atoms with Gasteiger partial charge < -0.3 is 59.4 Å². The number of carboxylic acids is 1. The van der Waals surface area contributed by atoms with E-state index in [9.17, 15) is 19.2 Å². The Kier molecular flexibility index (Phi) is 27.3. The molecule has 0 aliphatic carbocycles. The van der Waals surface area contributed by atoms with Gasteiger partial charge in [-0.15, -0.1) is 0 Å². The highest BCUT2D eigenvalue weighted by atomic mass is 16.6. The van der Waals surface area contributed by atoms with E-state index in [0.717, 1.165) is 0 Å². The minimum Gasteiger partial charge on any atom is -0.481 e. The molecule has 0 aromatic heterocycles. The lowest BCUT2D eigenvalue weighted by Gasteiger charge is -2.13. The zero-order valence-corrected chi connectivity index (χ0v) is 23.9. The van der Waals surface area contributed by atoms with Crippen LogP contribution in [-0.2, 0) is 57.1 Å². The third kappa shape index (κ3) is 30.3. The molecule has 3 amide bonds. The zero-order chi connectivity index (χ0) is 30.4. The quantitative estimate of drug-likeness (QED) is 0.0643. The molecule has 0 fully saturated rings. The summed E-state index contributed by atoms with van der Waals surface area (Å²) >= 11 is 0. The molecule has 0 aromatic carbocycles. The molecule has 0 aliphatic rings. The Bertz CT molecular complexity index is 685. The SMILES string of the molecule is CC(=O)NCCOCCOCCOCCOCCOCCOCCOCCOCCC(=O)NC(CC(=O)O)C(N)=O. The van der Waals surface area contributed by atoms with Crippen molar-refractivity contribution < 1.29 is 62.2 Å². The molecule has 0 radical (unpaired) electrons. The molecular weight excluding hydrogens is 550 g/mol. The summed E-state index contributed by atoms with van der Waals surface area (Å²) in [5, 5.41) is 13.6. The highest BCUT2D eigenvalue weighted by Crippen LogP contribution is 1.94. The lowest BCUT2D eigenvalue weighted by molar-refractivity contribution is -0.140. The molecule has 0 spiro atoms. The van der Waals surface area contributed by atoms with Crippen molar-refractivity contribution in [2.24, 2.45) is 5.73 Å². The molecule has 16 heteroatoms. The summed E-state index contributed by atoms with van der Waals surface area (Å²) in [6, 6.07) is -1.25. The molecule has 0 aliphatic heterocycles. The van der Waals surface area contributed by atoms with Crippen LogP contribution in [0.1, 0.15) is 19.8 Å². The summed E-state index contributed by atoms with van der Waals surface area (Å²) in [5.41, 5.74) is 5.06. The first kappa shape index (κ1) is 38.6. The molecule has 41 heavy (non-hydrogen) atoms. The zero-order valence-electron chi connectivity index (χ0n) is 23.9. The first-order valence-corrected chi connectivity index (χ1v) is 13.5. The number of hydrogen-bond acceptors (Lipinski definition) is 12. The van der Waals surface area contributed by atoms with Crippen molar-refractivity contribution in [2.45, 2.75) is 25.8 Å². The van der Waals surface area contributed by atoms with Gasteiger partial charge in [0.1, 0.15) is 6.04 Å². The van der Waals surface area contributed by atoms with Crippen LogP contribution in [0.5, 0.6) is 0 Å². The number of carbonyl (C=O) groups is 4. The third-order valence-corrected chi connectivity index (χ3v) is 4.76. The van der Waals surface area contributed by atoms with Crippen molar-refractivity contribution in [3.63, 3.8) is 0 Å². The topological polar surface area (TPSA) is 212 Å². The minimum atomic E-state index is -1.25. The van der Waals surface area contributed by atoms with Crippen LogP contribution < -0.4 is 16.4 Å². The summed E-state index contributed by atoms with van der Waals surface area (Å²) < 4.78 is 42.9. The van der Waals surface area contributed by atoms with Crippen LogP contribution in [0.3, 0.4) is 0 Å². The average Bonchev–Trinajstić information content (AvgIpc) is 2.91. The molecule has 16 nitrogen and oxygen atoms in total. The van der Waals surface area contributed by atoms with Crippen LogP contribution in [0.2, 0.25) is 0 Å². The standard InChI is InChI=1S/C25H47N3O13/c1-21(29)27-3-5-35-7-9-37-11-13-39-15-17-41-19-18-40-16-14-38-12-10-36-8-6-34-4-2-23(30)28-22(25(26)33)20-24(31)32/h22H,2-20H2,1H3,(H2,26,33)(H,27,29)(H,28,30)(H,31,32). The summed E-state index contributed by atoms with van der Waals surface area (Å²) in [5.74, 6) is -2.75. The van der Waals surface area contributed by atoms with Gasteiger partial charge in [0.2, 0.25) is 17.7 Å². The number of carboxylic acid groups (broad SMARTS) is 1. The van der Waals surface area contributed by atoms with Gasteiger partial charge in [-0.25, -0.2) is 0 Å². The summed E-state index contributed by atoms with van der Waals surface area (Å²) in [6.07, 6.45) is -0.613. The van der Waals surface area contributed by atoms with Gasteiger partial charge in [0.05, 0.1) is 112 Å². The lowest BCUT2D eigenvalue weighted by atomic mass is 10.2. The maximum atomic E-state index is 11.7. The maximum Gasteiger partial charge on any atom is 0.305 e. The van der Waals surface area contributed by atoms with E-state index in [4.69, 9.17) is 48.7 Å². The van der Waals surface area contributed by atoms with Gasteiger partial charge in [-0.1, -0.05) is 0 Å². The normalized spacial score (nSPS) is 11.7. The van der Waals surface area contributed by atoms with Crippen molar-refractivity contribution in [1.29, 1.82) is 0 Å². The van der Waals surface area contributed by atoms with Crippen molar-refractivity contribution in [3.05, 3.63) is 0 Å². The van der Waals surface area contributed by atoms with E-state index in [-0.39, 0.29) is 25.5 Å². The number of nitrogens with two attached hydrogens (primary N) is 1. The molecule has 0 rings (SSSR count). The number of ether oxygens (including phenoxy) is 8. The fraction of sp³-hybridized carbons (Fsp3) is 0.840. The second-order valence-electron chi connectivity index (χ2n) is 8.25. The Labute approximate surface area is 240 Å². The highest BCUT2D eigenvalue weighted by molar-refractivity contribution is 5.89. The average molecular weight is 598 g/mol. The maximum absolute atomic E-state index is 11.7. The monoisotopic (exact) mass is 597 g/mol. The fourth-order valence-corrected chi connectivity index (χ4v) is 2.77. The third-order valence-electron chi connectivity index (χ3n) is 4.76. The molecule has 0 bridgehead atoms. The van der Waals surface area contributed by atoms with E-state index in [1.165, 1.54) is 6.92 Å². The van der Waals surface area contributed by atoms with Crippen LogP contribution in [0.15, 0.2) is 0 Å². The molecule has 240 valence electrons. The molecule has 0 saturated carbocycles. The first-order valence-electron chi connectivity index (χ1n) is 13.5. The number of amides is 3. The van der Waals surface area contributed by atoms with E-state index in [0.29, 0.717) is 99.0 Å². The largest absolute Gasteiger partial charge is 0.481 e. The van der Waals surface area contributed by atoms with E-state index in [2.05, 4.69) is 10.6 Å². The van der Waals surface area contributed by atoms with Crippen LogP contribution in [0.4, 0.5) is 0 Å². The van der Waals surface area contributed by atoms with E-state index >= 15 is 0 Å². The molecular formula is C25H47N3O13. The number of hydrogen-bond donors (Lipinski definition) is 4. The Hall–Kier alpha value is -2.44. The smallest absolute Gasteiger partial charge is 0.305 e. The van der Waals surface area contributed by atoms with Gasteiger partial charge in [-0.05, 0) is 0 Å². The number of primary amides is 1. The van der Waals surface area contributed by atoms with E-state index in [1.807, 2.05) is 0 Å². The number of carbonyl (C=O) groups excluding carboxylic acids is 3. The van der Waals surface area contributed by atoms with Crippen molar-refractivity contribution in [1.82, 2.24) is 10.6 Å². The first-order chi connectivity index (χ1) is 19.8. The van der Waals surface area contributed by atoms with Gasteiger partial charge in [0.15, 0.2) is 0 Å². The molecule has 0 aromatic rings. The number of rotatable bonds is 31. The molecule has 0 heterocycles. The van der Waals surface area contributed by atoms with Gasteiger partial charge in [0.25, 0.3) is 0 Å². The van der Waals surface area contributed by atoms with Crippen LogP contribution in [0.25, 0.3) is 0 Å². The van der Waals surface area contributed by atoms with Crippen LogP contribution in [-0.4, -0.2) is 147 Å². The number of nitrogens with one attached hydrogen (secondary N) is 2. The Morgan fingerprint density at radius 3 is 1.27 bits per heavy atom. The predicted molar refractivity (Wildman–Crippen MR) is 143 cm³/mol. The predicted octanol–water partition coefficient (Wildman–Crippen LogP) is -1.91.